The van der Waals surface area contributed by atoms with Gasteiger partial charge in [0.2, 0.25) is 11.8 Å². The quantitative estimate of drug-likeness (QED) is 0.898. The van der Waals surface area contributed by atoms with Crippen molar-refractivity contribution in [2.45, 2.75) is 46.6 Å². The molecule has 6 nitrogen and oxygen atoms in total. The van der Waals surface area contributed by atoms with E-state index in [9.17, 15) is 9.59 Å². The van der Waals surface area contributed by atoms with Gasteiger partial charge < -0.3 is 14.7 Å². The molecule has 1 saturated heterocycles. The van der Waals surface area contributed by atoms with Crippen molar-refractivity contribution in [2.24, 2.45) is 5.41 Å². The fourth-order valence-corrected chi connectivity index (χ4v) is 2.35. The Kier molecular flexibility index (Phi) is 3.83. The van der Waals surface area contributed by atoms with Crippen molar-refractivity contribution in [2.75, 3.05) is 11.9 Å². The van der Waals surface area contributed by atoms with Gasteiger partial charge in [-0.15, -0.1) is 0 Å². The van der Waals surface area contributed by atoms with Gasteiger partial charge in [0.05, 0.1) is 0 Å². The summed E-state index contributed by atoms with van der Waals surface area (Å²) >= 11 is 0. The van der Waals surface area contributed by atoms with E-state index >= 15 is 0 Å². The molecule has 0 bridgehead atoms. The number of hydrogen-bond donors (Lipinski definition) is 1. The summed E-state index contributed by atoms with van der Waals surface area (Å²) in [5.74, 6) is 0.830. The summed E-state index contributed by atoms with van der Waals surface area (Å²) in [5.41, 5.74) is -0.479. The third-order valence-corrected chi connectivity index (χ3v) is 3.34. The first-order valence-corrected chi connectivity index (χ1v) is 6.84. The van der Waals surface area contributed by atoms with E-state index in [0.717, 1.165) is 6.42 Å². The van der Waals surface area contributed by atoms with E-state index in [4.69, 9.17) is 4.52 Å². The second kappa shape index (κ2) is 5.26. The first-order chi connectivity index (χ1) is 9.29. The standard InChI is InChI=1S/C14H21N3O3/c1-9-8-11(16-20-9)15-12(18)10-6-5-7-17(10)13(19)14(2,3)4/h8,10H,5-7H2,1-4H3,(H,15,16,18). The Bertz CT molecular complexity index is 516. The van der Waals surface area contributed by atoms with E-state index in [0.29, 0.717) is 24.5 Å². The molecule has 20 heavy (non-hydrogen) atoms. The van der Waals surface area contributed by atoms with Crippen LogP contribution in [0.5, 0.6) is 0 Å². The molecule has 2 rings (SSSR count). The minimum atomic E-state index is -0.479. The number of nitrogens with one attached hydrogen (secondary N) is 1. The van der Waals surface area contributed by atoms with Crippen molar-refractivity contribution < 1.29 is 14.1 Å². The summed E-state index contributed by atoms with van der Waals surface area (Å²) in [7, 11) is 0. The van der Waals surface area contributed by atoms with Gasteiger partial charge in [0.15, 0.2) is 5.82 Å². The molecule has 0 spiro atoms. The molecule has 110 valence electrons. The van der Waals surface area contributed by atoms with Crippen LogP contribution in [0.2, 0.25) is 0 Å². The molecular weight excluding hydrogens is 258 g/mol. The first-order valence-electron chi connectivity index (χ1n) is 6.84. The maximum Gasteiger partial charge on any atom is 0.248 e. The molecule has 1 unspecified atom stereocenters. The summed E-state index contributed by atoms with van der Waals surface area (Å²) in [5, 5.41) is 6.44. The van der Waals surface area contributed by atoms with Crippen LogP contribution in [0, 0.1) is 12.3 Å². The van der Waals surface area contributed by atoms with Crippen LogP contribution in [0.4, 0.5) is 5.82 Å². The van der Waals surface area contributed by atoms with E-state index in [1.165, 1.54) is 0 Å². The number of aryl methyl sites for hydroxylation is 1. The second-order valence-electron chi connectivity index (χ2n) is 6.22. The molecular formula is C14H21N3O3. The van der Waals surface area contributed by atoms with E-state index < -0.39 is 11.5 Å². The number of hydrogen-bond acceptors (Lipinski definition) is 4. The summed E-state index contributed by atoms with van der Waals surface area (Å²) in [4.78, 5) is 26.3. The van der Waals surface area contributed by atoms with E-state index in [1.807, 2.05) is 20.8 Å². The summed E-state index contributed by atoms with van der Waals surface area (Å²) in [6.07, 6.45) is 1.53. The molecule has 2 heterocycles. The molecule has 6 heteroatoms. The molecule has 0 radical (unpaired) electrons. The number of carbonyl (C=O) groups is 2. The van der Waals surface area contributed by atoms with Crippen LogP contribution in [-0.4, -0.2) is 34.5 Å². The Hall–Kier alpha value is -1.85. The van der Waals surface area contributed by atoms with Gasteiger partial charge in [0.1, 0.15) is 11.8 Å². The average Bonchev–Trinajstić information content (AvgIpc) is 2.95. The van der Waals surface area contributed by atoms with Crippen LogP contribution in [0.3, 0.4) is 0 Å². The monoisotopic (exact) mass is 279 g/mol. The largest absolute Gasteiger partial charge is 0.360 e. The highest BCUT2D eigenvalue weighted by Gasteiger charge is 2.38. The van der Waals surface area contributed by atoms with Crippen molar-refractivity contribution in [1.29, 1.82) is 0 Å². The zero-order chi connectivity index (χ0) is 14.9. The highest BCUT2D eigenvalue weighted by Crippen LogP contribution is 2.26. The van der Waals surface area contributed by atoms with Crippen LogP contribution >= 0.6 is 0 Å². The van der Waals surface area contributed by atoms with Crippen LogP contribution in [0.25, 0.3) is 0 Å². The highest BCUT2D eigenvalue weighted by atomic mass is 16.5. The minimum Gasteiger partial charge on any atom is -0.360 e. The van der Waals surface area contributed by atoms with Crippen molar-refractivity contribution in [3.63, 3.8) is 0 Å². The molecule has 0 saturated carbocycles. The number of amides is 2. The van der Waals surface area contributed by atoms with Crippen molar-refractivity contribution in [3.8, 4) is 0 Å². The van der Waals surface area contributed by atoms with E-state index in [-0.39, 0.29) is 11.8 Å². The van der Waals surface area contributed by atoms with Gasteiger partial charge in [-0.1, -0.05) is 25.9 Å². The summed E-state index contributed by atoms with van der Waals surface area (Å²) in [6.45, 7) is 7.98. The Morgan fingerprint density at radius 2 is 2.15 bits per heavy atom. The normalized spacial score (nSPS) is 19.2. The van der Waals surface area contributed by atoms with Gasteiger partial charge >= 0.3 is 0 Å². The van der Waals surface area contributed by atoms with Crippen LogP contribution in [-0.2, 0) is 9.59 Å². The molecule has 0 aromatic carbocycles. The van der Waals surface area contributed by atoms with Gasteiger partial charge in [0.25, 0.3) is 0 Å². The van der Waals surface area contributed by atoms with Crippen LogP contribution in [0.15, 0.2) is 10.6 Å². The highest BCUT2D eigenvalue weighted by molar-refractivity contribution is 5.97. The molecule has 1 aromatic heterocycles. The number of aromatic nitrogens is 1. The third kappa shape index (κ3) is 3.00. The average molecular weight is 279 g/mol. The first kappa shape index (κ1) is 14.6. The fraction of sp³-hybridized carbons (Fsp3) is 0.643. The predicted molar refractivity (Wildman–Crippen MR) is 74.1 cm³/mol. The topological polar surface area (TPSA) is 75.4 Å². The molecule has 1 atom stereocenters. The number of carbonyl (C=O) groups excluding carboxylic acids is 2. The fourth-order valence-electron chi connectivity index (χ4n) is 2.35. The third-order valence-electron chi connectivity index (χ3n) is 3.34. The molecule has 1 N–H and O–H groups in total. The van der Waals surface area contributed by atoms with E-state index in [2.05, 4.69) is 10.5 Å². The molecule has 1 aliphatic rings. The number of nitrogens with zero attached hydrogens (tertiary/aromatic N) is 2. The lowest BCUT2D eigenvalue weighted by atomic mass is 9.94. The maximum atomic E-state index is 12.4. The van der Waals surface area contributed by atoms with Gasteiger partial charge in [-0.25, -0.2) is 0 Å². The van der Waals surface area contributed by atoms with Crippen LogP contribution < -0.4 is 5.32 Å². The molecule has 1 aromatic rings. The number of likely N-dealkylation sites (tertiary alicyclic amines) is 1. The Morgan fingerprint density at radius 1 is 1.45 bits per heavy atom. The van der Waals surface area contributed by atoms with Gasteiger partial charge in [-0.2, -0.15) is 0 Å². The van der Waals surface area contributed by atoms with Crippen molar-refractivity contribution in [3.05, 3.63) is 11.8 Å². The predicted octanol–water partition coefficient (Wildman–Crippen LogP) is 1.96. The van der Waals surface area contributed by atoms with Gasteiger partial charge in [0, 0.05) is 18.0 Å². The lowest BCUT2D eigenvalue weighted by Crippen LogP contribution is -2.47. The number of anilines is 1. The smallest absolute Gasteiger partial charge is 0.248 e. The lowest BCUT2D eigenvalue weighted by molar-refractivity contribution is -0.143. The zero-order valence-electron chi connectivity index (χ0n) is 12.4. The Labute approximate surface area is 118 Å². The molecule has 1 aliphatic heterocycles. The summed E-state index contributed by atoms with van der Waals surface area (Å²) < 4.78 is 4.91. The molecule has 0 aliphatic carbocycles. The van der Waals surface area contributed by atoms with E-state index in [1.54, 1.807) is 17.9 Å². The zero-order valence-corrected chi connectivity index (χ0v) is 12.4. The molecule has 2 amide bonds. The Balaban J connectivity index is 2.07. The van der Waals surface area contributed by atoms with Crippen molar-refractivity contribution >= 4 is 17.6 Å². The minimum absolute atomic E-state index is 0.00600. The van der Waals surface area contributed by atoms with Gasteiger partial charge in [-0.05, 0) is 19.8 Å². The van der Waals surface area contributed by atoms with Crippen molar-refractivity contribution in [1.82, 2.24) is 10.1 Å². The van der Waals surface area contributed by atoms with Crippen LogP contribution in [0.1, 0.15) is 39.4 Å². The lowest BCUT2D eigenvalue weighted by Gasteiger charge is -2.30. The number of rotatable bonds is 2. The molecule has 1 fully saturated rings. The summed E-state index contributed by atoms with van der Waals surface area (Å²) in [6, 6.07) is 1.24. The maximum absolute atomic E-state index is 12.4. The SMILES string of the molecule is Cc1cc(NC(=O)C2CCCN2C(=O)C(C)(C)C)no1. The van der Waals surface area contributed by atoms with Gasteiger partial charge in [-0.3, -0.25) is 9.59 Å². The second-order valence-corrected chi connectivity index (χ2v) is 6.22. The Morgan fingerprint density at radius 3 is 2.70 bits per heavy atom.